The van der Waals surface area contributed by atoms with Crippen LogP contribution >= 0.6 is 0 Å². The molecule has 0 atom stereocenters. The topological polar surface area (TPSA) is 64.6 Å². The fraction of sp³-hybridized carbons (Fsp3) is 0.667. The van der Waals surface area contributed by atoms with Crippen molar-refractivity contribution in [3.63, 3.8) is 0 Å². The summed E-state index contributed by atoms with van der Waals surface area (Å²) in [4.78, 5) is 22.9. The van der Waals surface area contributed by atoms with E-state index in [1.807, 2.05) is 0 Å². The number of alkyl carbamates (subject to hydrolysis) is 1. The predicted octanol–water partition coefficient (Wildman–Crippen LogP) is 1.98. The Hall–Kier alpha value is -1.52. The summed E-state index contributed by atoms with van der Waals surface area (Å²) in [6.45, 7) is 5.28. The quantitative estimate of drug-likeness (QED) is 0.606. The molecule has 0 heterocycles. The van der Waals surface area contributed by atoms with Crippen LogP contribution < -0.4 is 5.32 Å². The van der Waals surface area contributed by atoms with E-state index in [0.29, 0.717) is 5.92 Å². The summed E-state index contributed by atoms with van der Waals surface area (Å²) in [5, 5.41) is 2.42. The molecular weight excluding hydrogens is 222 g/mol. The molecule has 96 valence electrons. The fourth-order valence-corrected chi connectivity index (χ4v) is 1.18. The summed E-state index contributed by atoms with van der Waals surface area (Å²) in [7, 11) is 1.28. The SMILES string of the molecule is COC(=O)/C(=C/C1CC1)NC(=O)OC(C)(C)C. The highest BCUT2D eigenvalue weighted by molar-refractivity contribution is 5.92. The zero-order chi connectivity index (χ0) is 13.1. The van der Waals surface area contributed by atoms with Gasteiger partial charge in [0.05, 0.1) is 7.11 Å². The third kappa shape index (κ3) is 5.38. The third-order valence-corrected chi connectivity index (χ3v) is 2.07. The van der Waals surface area contributed by atoms with E-state index in [1.165, 1.54) is 7.11 Å². The molecule has 0 aliphatic heterocycles. The van der Waals surface area contributed by atoms with E-state index in [4.69, 9.17) is 4.74 Å². The molecule has 0 aromatic carbocycles. The van der Waals surface area contributed by atoms with Crippen LogP contribution in [-0.4, -0.2) is 24.8 Å². The van der Waals surface area contributed by atoms with Crippen LogP contribution in [-0.2, 0) is 14.3 Å². The highest BCUT2D eigenvalue weighted by atomic mass is 16.6. The molecule has 1 aliphatic rings. The minimum atomic E-state index is -0.644. The lowest BCUT2D eigenvalue weighted by Gasteiger charge is -2.20. The zero-order valence-corrected chi connectivity index (χ0v) is 10.7. The van der Waals surface area contributed by atoms with Crippen molar-refractivity contribution < 1.29 is 19.1 Å². The summed E-state index contributed by atoms with van der Waals surface area (Å²) in [6.07, 6.45) is 3.15. The van der Waals surface area contributed by atoms with E-state index < -0.39 is 17.7 Å². The van der Waals surface area contributed by atoms with E-state index in [9.17, 15) is 9.59 Å². The van der Waals surface area contributed by atoms with Crippen LogP contribution in [0.25, 0.3) is 0 Å². The summed E-state index contributed by atoms with van der Waals surface area (Å²) >= 11 is 0. The average Bonchev–Trinajstić information content (AvgIpc) is 2.96. The van der Waals surface area contributed by atoms with Crippen molar-refractivity contribution >= 4 is 12.1 Å². The van der Waals surface area contributed by atoms with Crippen molar-refractivity contribution in [2.24, 2.45) is 5.92 Å². The van der Waals surface area contributed by atoms with Gasteiger partial charge < -0.3 is 9.47 Å². The number of rotatable bonds is 3. The Morgan fingerprint density at radius 1 is 1.29 bits per heavy atom. The first-order chi connectivity index (χ1) is 7.81. The number of hydrogen-bond donors (Lipinski definition) is 1. The Kier molecular flexibility index (Phi) is 4.15. The molecule has 5 heteroatoms. The van der Waals surface area contributed by atoms with Crippen molar-refractivity contribution in [3.05, 3.63) is 11.8 Å². The monoisotopic (exact) mass is 241 g/mol. The highest BCUT2D eigenvalue weighted by Crippen LogP contribution is 2.31. The number of ether oxygens (including phenoxy) is 2. The Bertz CT molecular complexity index is 337. The second-order valence-electron chi connectivity index (χ2n) is 5.04. The molecule has 1 N–H and O–H groups in total. The van der Waals surface area contributed by atoms with Gasteiger partial charge in [0.2, 0.25) is 0 Å². The molecular formula is C12H19NO4. The molecule has 0 aromatic heterocycles. The number of amides is 1. The summed E-state index contributed by atoms with van der Waals surface area (Å²) in [5.74, 6) is -0.193. The number of carbonyl (C=O) groups is 2. The van der Waals surface area contributed by atoms with Crippen LogP contribution in [0.2, 0.25) is 0 Å². The van der Waals surface area contributed by atoms with E-state index >= 15 is 0 Å². The summed E-state index contributed by atoms with van der Waals surface area (Å²) < 4.78 is 9.66. The Morgan fingerprint density at radius 3 is 2.29 bits per heavy atom. The number of nitrogens with one attached hydrogen (secondary N) is 1. The first kappa shape index (κ1) is 13.5. The first-order valence-corrected chi connectivity index (χ1v) is 5.62. The van der Waals surface area contributed by atoms with Crippen LogP contribution in [0.1, 0.15) is 33.6 Å². The van der Waals surface area contributed by atoms with Gasteiger partial charge >= 0.3 is 12.1 Å². The van der Waals surface area contributed by atoms with Gasteiger partial charge in [-0.1, -0.05) is 6.08 Å². The molecule has 0 spiro atoms. The van der Waals surface area contributed by atoms with Crippen molar-refractivity contribution in [2.75, 3.05) is 7.11 Å². The van der Waals surface area contributed by atoms with Crippen LogP contribution in [0.5, 0.6) is 0 Å². The molecule has 0 saturated heterocycles. The van der Waals surface area contributed by atoms with Gasteiger partial charge in [0, 0.05) is 0 Å². The van der Waals surface area contributed by atoms with E-state index in [-0.39, 0.29) is 5.70 Å². The molecule has 1 aliphatic carbocycles. The average molecular weight is 241 g/mol. The van der Waals surface area contributed by atoms with Gasteiger partial charge in [-0.25, -0.2) is 9.59 Å². The van der Waals surface area contributed by atoms with E-state index in [1.54, 1.807) is 26.8 Å². The maximum absolute atomic E-state index is 11.5. The molecule has 17 heavy (non-hydrogen) atoms. The second kappa shape index (κ2) is 5.21. The molecule has 5 nitrogen and oxygen atoms in total. The minimum Gasteiger partial charge on any atom is -0.464 e. The fourth-order valence-electron chi connectivity index (χ4n) is 1.18. The van der Waals surface area contributed by atoms with Crippen molar-refractivity contribution in [2.45, 2.75) is 39.2 Å². The molecule has 0 radical (unpaired) electrons. The number of carbonyl (C=O) groups excluding carboxylic acids is 2. The number of allylic oxidation sites excluding steroid dienone is 1. The molecule has 0 bridgehead atoms. The lowest BCUT2D eigenvalue weighted by molar-refractivity contribution is -0.136. The normalized spacial score (nSPS) is 16.4. The largest absolute Gasteiger partial charge is 0.464 e. The molecule has 0 aromatic rings. The third-order valence-electron chi connectivity index (χ3n) is 2.07. The van der Waals surface area contributed by atoms with Crippen molar-refractivity contribution in [1.82, 2.24) is 5.32 Å². The molecule has 1 saturated carbocycles. The molecule has 1 rings (SSSR count). The lowest BCUT2D eigenvalue weighted by atomic mass is 10.2. The van der Waals surface area contributed by atoms with Crippen LogP contribution in [0, 0.1) is 5.92 Å². The number of methoxy groups -OCH3 is 1. The lowest BCUT2D eigenvalue weighted by Crippen LogP contribution is -2.34. The van der Waals surface area contributed by atoms with Crippen molar-refractivity contribution in [1.29, 1.82) is 0 Å². The zero-order valence-electron chi connectivity index (χ0n) is 10.7. The summed E-state index contributed by atoms with van der Waals surface area (Å²) in [5.41, 5.74) is -0.436. The van der Waals surface area contributed by atoms with Gasteiger partial charge in [-0.3, -0.25) is 5.32 Å². The predicted molar refractivity (Wildman–Crippen MR) is 62.2 cm³/mol. The Morgan fingerprint density at radius 2 is 1.88 bits per heavy atom. The number of esters is 1. The standard InChI is InChI=1S/C12H19NO4/c1-12(2,3)17-11(15)13-9(10(14)16-4)7-8-5-6-8/h7-8H,5-6H2,1-4H3,(H,13,15)/b9-7-. The first-order valence-electron chi connectivity index (χ1n) is 5.62. The molecule has 1 amide bonds. The maximum atomic E-state index is 11.5. The van der Waals surface area contributed by atoms with Crippen LogP contribution in [0.3, 0.4) is 0 Å². The molecule has 1 fully saturated rings. The molecule has 0 unspecified atom stereocenters. The van der Waals surface area contributed by atoms with Crippen LogP contribution in [0.15, 0.2) is 11.8 Å². The smallest absolute Gasteiger partial charge is 0.412 e. The Balaban J connectivity index is 2.60. The van der Waals surface area contributed by atoms with Crippen molar-refractivity contribution in [3.8, 4) is 0 Å². The van der Waals surface area contributed by atoms with Gasteiger partial charge in [0.1, 0.15) is 11.3 Å². The van der Waals surface area contributed by atoms with Gasteiger partial charge in [-0.15, -0.1) is 0 Å². The van der Waals surface area contributed by atoms with E-state index in [2.05, 4.69) is 10.1 Å². The van der Waals surface area contributed by atoms with Gasteiger partial charge in [-0.2, -0.15) is 0 Å². The Labute approximate surface area is 101 Å². The van der Waals surface area contributed by atoms with Crippen LogP contribution in [0.4, 0.5) is 4.79 Å². The van der Waals surface area contributed by atoms with Gasteiger partial charge in [0.15, 0.2) is 0 Å². The number of hydrogen-bond acceptors (Lipinski definition) is 4. The highest BCUT2D eigenvalue weighted by Gasteiger charge is 2.24. The van der Waals surface area contributed by atoms with E-state index in [0.717, 1.165) is 12.8 Å². The maximum Gasteiger partial charge on any atom is 0.412 e. The summed E-state index contributed by atoms with van der Waals surface area (Å²) in [6, 6.07) is 0. The minimum absolute atomic E-state index is 0.157. The second-order valence-corrected chi connectivity index (χ2v) is 5.04. The van der Waals surface area contributed by atoms with Gasteiger partial charge in [0.25, 0.3) is 0 Å². The van der Waals surface area contributed by atoms with Gasteiger partial charge in [-0.05, 0) is 39.5 Å².